The van der Waals surface area contributed by atoms with E-state index in [-0.39, 0.29) is 11.7 Å². The van der Waals surface area contributed by atoms with Crippen LogP contribution in [-0.4, -0.2) is 35.1 Å². The molecule has 1 aromatic carbocycles. The van der Waals surface area contributed by atoms with Gasteiger partial charge in [0, 0.05) is 13.6 Å². The summed E-state index contributed by atoms with van der Waals surface area (Å²) >= 11 is 0. The summed E-state index contributed by atoms with van der Waals surface area (Å²) in [5, 5.41) is 10.5. The van der Waals surface area contributed by atoms with Gasteiger partial charge in [-0.05, 0) is 43.4 Å². The number of benzene rings is 1. The molecular formula is C17H22FNO2. The molecule has 2 saturated carbocycles. The normalized spacial score (nSPS) is 22.0. The number of rotatable bonds is 4. The highest BCUT2D eigenvalue weighted by Crippen LogP contribution is 2.49. The van der Waals surface area contributed by atoms with Crippen LogP contribution in [0.3, 0.4) is 0 Å². The Kier molecular flexibility index (Phi) is 3.52. The minimum Gasteiger partial charge on any atom is -0.388 e. The number of aliphatic hydroxyl groups is 1. The minimum absolute atomic E-state index is 0.00780. The highest BCUT2D eigenvalue weighted by molar-refractivity contribution is 5.91. The fraction of sp³-hybridized carbons (Fsp3) is 0.588. The number of hydrogen-bond acceptors (Lipinski definition) is 2. The van der Waals surface area contributed by atoms with E-state index in [1.807, 2.05) is 6.07 Å². The second-order valence-corrected chi connectivity index (χ2v) is 6.69. The van der Waals surface area contributed by atoms with Crippen LogP contribution < -0.4 is 0 Å². The van der Waals surface area contributed by atoms with Crippen molar-refractivity contribution in [3.8, 4) is 0 Å². The molecule has 0 aromatic heterocycles. The molecule has 0 radical (unpaired) electrons. The summed E-state index contributed by atoms with van der Waals surface area (Å²) in [4.78, 5) is 14.4. The second-order valence-electron chi connectivity index (χ2n) is 6.69. The van der Waals surface area contributed by atoms with Gasteiger partial charge in [0.2, 0.25) is 5.91 Å². The van der Waals surface area contributed by atoms with Crippen molar-refractivity contribution in [3.63, 3.8) is 0 Å². The number of carbonyl (C=O) groups excluding carboxylic acids is 1. The van der Waals surface area contributed by atoms with Gasteiger partial charge in [-0.3, -0.25) is 4.79 Å². The van der Waals surface area contributed by atoms with Gasteiger partial charge in [-0.1, -0.05) is 25.0 Å². The van der Waals surface area contributed by atoms with Gasteiger partial charge in [0.05, 0.1) is 11.0 Å². The molecule has 1 amide bonds. The summed E-state index contributed by atoms with van der Waals surface area (Å²) in [6.07, 6.45) is 5.09. The van der Waals surface area contributed by atoms with E-state index < -0.39 is 11.0 Å². The molecule has 1 N–H and O–H groups in total. The lowest BCUT2D eigenvalue weighted by Gasteiger charge is -2.31. The highest BCUT2D eigenvalue weighted by Gasteiger charge is 2.53. The molecule has 2 aliphatic rings. The first kappa shape index (κ1) is 14.5. The standard InChI is InChI=1S/C17H22FNO2/c1-19(12-16(21)7-2-3-8-16)15(20)17(9-10-17)13-5-4-6-14(18)11-13/h4-6,11,21H,2-3,7-10,12H2,1H3. The molecule has 0 heterocycles. The maximum atomic E-state index is 13.4. The number of carbonyl (C=O) groups is 1. The highest BCUT2D eigenvalue weighted by atomic mass is 19.1. The van der Waals surface area contributed by atoms with E-state index in [4.69, 9.17) is 0 Å². The third-order valence-electron chi connectivity index (χ3n) is 4.95. The lowest BCUT2D eigenvalue weighted by molar-refractivity contribution is -0.135. The van der Waals surface area contributed by atoms with Gasteiger partial charge < -0.3 is 10.0 Å². The Balaban J connectivity index is 1.75. The van der Waals surface area contributed by atoms with Crippen LogP contribution in [-0.2, 0) is 10.2 Å². The average Bonchev–Trinajstić information content (AvgIpc) is 3.15. The van der Waals surface area contributed by atoms with Crippen LogP contribution in [0.2, 0.25) is 0 Å². The fourth-order valence-corrected chi connectivity index (χ4v) is 3.61. The van der Waals surface area contributed by atoms with Gasteiger partial charge in [-0.25, -0.2) is 4.39 Å². The largest absolute Gasteiger partial charge is 0.388 e. The van der Waals surface area contributed by atoms with Crippen LogP contribution >= 0.6 is 0 Å². The summed E-state index contributed by atoms with van der Waals surface area (Å²) in [7, 11) is 1.75. The molecule has 114 valence electrons. The molecule has 0 bridgehead atoms. The Hall–Kier alpha value is -1.42. The molecule has 3 nitrogen and oxygen atoms in total. The van der Waals surface area contributed by atoms with Gasteiger partial charge in [0.25, 0.3) is 0 Å². The molecule has 0 atom stereocenters. The molecule has 2 aliphatic carbocycles. The number of hydrogen-bond donors (Lipinski definition) is 1. The smallest absolute Gasteiger partial charge is 0.233 e. The minimum atomic E-state index is -0.734. The number of halogens is 1. The van der Waals surface area contributed by atoms with Crippen molar-refractivity contribution in [2.45, 2.75) is 49.5 Å². The molecule has 2 fully saturated rings. The van der Waals surface area contributed by atoms with Gasteiger partial charge in [0.1, 0.15) is 5.82 Å². The number of nitrogens with zero attached hydrogens (tertiary/aromatic N) is 1. The van der Waals surface area contributed by atoms with E-state index in [0.29, 0.717) is 6.54 Å². The van der Waals surface area contributed by atoms with Crippen LogP contribution in [0.4, 0.5) is 4.39 Å². The Labute approximate surface area is 124 Å². The Morgan fingerprint density at radius 1 is 1.29 bits per heavy atom. The van der Waals surface area contributed by atoms with Gasteiger partial charge >= 0.3 is 0 Å². The summed E-state index contributed by atoms with van der Waals surface area (Å²) in [5.74, 6) is -0.294. The van der Waals surface area contributed by atoms with E-state index >= 15 is 0 Å². The quantitative estimate of drug-likeness (QED) is 0.926. The van der Waals surface area contributed by atoms with E-state index in [1.165, 1.54) is 12.1 Å². The maximum absolute atomic E-state index is 13.4. The van der Waals surface area contributed by atoms with Crippen molar-refractivity contribution in [2.75, 3.05) is 13.6 Å². The molecule has 1 aromatic rings. The average molecular weight is 291 g/mol. The Morgan fingerprint density at radius 2 is 1.95 bits per heavy atom. The Bertz CT molecular complexity index is 547. The van der Waals surface area contributed by atoms with E-state index in [2.05, 4.69) is 0 Å². The third kappa shape index (κ3) is 2.69. The lowest BCUT2D eigenvalue weighted by atomic mass is 9.93. The summed E-state index contributed by atoms with van der Waals surface area (Å²) in [6, 6.07) is 6.34. The molecule has 3 rings (SSSR count). The monoisotopic (exact) mass is 291 g/mol. The first-order valence-corrected chi connectivity index (χ1v) is 7.69. The zero-order chi connectivity index (χ0) is 15.1. The number of likely N-dealkylation sites (N-methyl/N-ethyl adjacent to an activating group) is 1. The SMILES string of the molecule is CN(CC1(O)CCCC1)C(=O)C1(c2cccc(F)c2)CC1. The lowest BCUT2D eigenvalue weighted by Crippen LogP contribution is -2.45. The summed E-state index contributed by atoms with van der Waals surface area (Å²) < 4.78 is 13.4. The van der Waals surface area contributed by atoms with Crippen LogP contribution in [0.25, 0.3) is 0 Å². The molecule has 21 heavy (non-hydrogen) atoms. The molecule has 0 aliphatic heterocycles. The van der Waals surface area contributed by atoms with E-state index in [9.17, 15) is 14.3 Å². The van der Waals surface area contributed by atoms with Crippen molar-refractivity contribution < 1.29 is 14.3 Å². The number of amides is 1. The molecule has 0 saturated heterocycles. The summed E-state index contributed by atoms with van der Waals surface area (Å²) in [5.41, 5.74) is -0.536. The maximum Gasteiger partial charge on any atom is 0.233 e. The third-order valence-corrected chi connectivity index (χ3v) is 4.95. The topological polar surface area (TPSA) is 40.5 Å². The van der Waals surface area contributed by atoms with E-state index in [1.54, 1.807) is 18.0 Å². The van der Waals surface area contributed by atoms with E-state index in [0.717, 1.165) is 44.1 Å². The molecule has 0 spiro atoms. The van der Waals surface area contributed by atoms with Crippen molar-refractivity contribution >= 4 is 5.91 Å². The molecule has 0 unspecified atom stereocenters. The first-order valence-electron chi connectivity index (χ1n) is 7.69. The van der Waals surface area contributed by atoms with Gasteiger partial charge in [-0.2, -0.15) is 0 Å². The fourth-order valence-electron chi connectivity index (χ4n) is 3.61. The second kappa shape index (κ2) is 5.09. The van der Waals surface area contributed by atoms with Crippen molar-refractivity contribution in [1.29, 1.82) is 0 Å². The zero-order valence-corrected chi connectivity index (χ0v) is 12.4. The van der Waals surface area contributed by atoms with Crippen LogP contribution in [0.15, 0.2) is 24.3 Å². The Morgan fingerprint density at radius 3 is 2.52 bits per heavy atom. The predicted octanol–water partition coefficient (Wildman–Crippen LogP) is 2.62. The zero-order valence-electron chi connectivity index (χ0n) is 12.4. The van der Waals surface area contributed by atoms with Gasteiger partial charge in [-0.15, -0.1) is 0 Å². The summed E-state index contributed by atoms with van der Waals surface area (Å²) in [6.45, 7) is 0.378. The van der Waals surface area contributed by atoms with Crippen molar-refractivity contribution in [3.05, 3.63) is 35.6 Å². The van der Waals surface area contributed by atoms with Crippen LogP contribution in [0, 0.1) is 5.82 Å². The van der Waals surface area contributed by atoms with Crippen LogP contribution in [0.1, 0.15) is 44.1 Å². The van der Waals surface area contributed by atoms with Crippen LogP contribution in [0.5, 0.6) is 0 Å². The first-order chi connectivity index (χ1) is 9.95. The van der Waals surface area contributed by atoms with Gasteiger partial charge in [0.15, 0.2) is 0 Å². The molecular weight excluding hydrogens is 269 g/mol. The predicted molar refractivity (Wildman–Crippen MR) is 78.4 cm³/mol. The van der Waals surface area contributed by atoms with Crippen molar-refractivity contribution in [2.24, 2.45) is 0 Å². The molecule has 4 heteroatoms. The van der Waals surface area contributed by atoms with Crippen molar-refractivity contribution in [1.82, 2.24) is 4.90 Å².